The van der Waals surface area contributed by atoms with E-state index in [1.165, 1.54) is 24.8 Å². The molecule has 128 valence electrons. The zero-order chi connectivity index (χ0) is 17.7. The Morgan fingerprint density at radius 3 is 2.83 bits per heavy atom. The van der Waals surface area contributed by atoms with E-state index >= 15 is 0 Å². The lowest BCUT2D eigenvalue weighted by atomic mass is 10.2. The maximum Gasteiger partial charge on any atom is 0.350 e. The topological polar surface area (TPSA) is 84.9 Å². The molecule has 0 fully saturated rings. The van der Waals surface area contributed by atoms with E-state index in [2.05, 4.69) is 11.9 Å². The Balaban J connectivity index is 2.07. The predicted octanol–water partition coefficient (Wildman–Crippen LogP) is 1.03. The molecule has 1 aromatic carbocycles. The molecule has 1 aliphatic rings. The molecule has 2 amide bonds. The van der Waals surface area contributed by atoms with Gasteiger partial charge in [0.05, 0.1) is 12.2 Å². The fourth-order valence-corrected chi connectivity index (χ4v) is 2.28. The van der Waals surface area contributed by atoms with E-state index < -0.39 is 24.1 Å². The number of carbonyl (C=O) groups is 3. The van der Waals surface area contributed by atoms with E-state index in [-0.39, 0.29) is 19.0 Å². The van der Waals surface area contributed by atoms with Gasteiger partial charge in [0.15, 0.2) is 6.10 Å². The van der Waals surface area contributed by atoms with Crippen LogP contribution in [-0.4, -0.2) is 43.1 Å². The molecule has 1 N–H and O–H groups in total. The number of amides is 2. The Morgan fingerprint density at radius 1 is 1.46 bits per heavy atom. The number of rotatable bonds is 5. The molecule has 0 saturated heterocycles. The smallest absolute Gasteiger partial charge is 0.350 e. The summed E-state index contributed by atoms with van der Waals surface area (Å²) in [6.07, 6.45) is -0.430. The van der Waals surface area contributed by atoms with Crippen LogP contribution in [-0.2, 0) is 19.1 Å². The lowest BCUT2D eigenvalue weighted by Gasteiger charge is -2.33. The summed E-state index contributed by atoms with van der Waals surface area (Å²) in [4.78, 5) is 37.3. The number of hydrogen-bond acceptors (Lipinski definition) is 5. The predicted molar refractivity (Wildman–Crippen MR) is 87.6 cm³/mol. The highest BCUT2D eigenvalue weighted by Crippen LogP contribution is 2.33. The van der Waals surface area contributed by atoms with Crippen LogP contribution in [0.4, 0.5) is 5.69 Å². The molecule has 0 spiro atoms. The molecular formula is C17H20N2O5. The van der Waals surface area contributed by atoms with E-state index in [0.29, 0.717) is 11.4 Å². The van der Waals surface area contributed by atoms with Crippen molar-refractivity contribution in [1.29, 1.82) is 0 Å². The molecule has 1 aromatic rings. The third-order valence-electron chi connectivity index (χ3n) is 3.50. The number of esters is 1. The van der Waals surface area contributed by atoms with Crippen molar-refractivity contribution in [2.75, 3.05) is 18.0 Å². The number of anilines is 1. The van der Waals surface area contributed by atoms with E-state index in [0.717, 1.165) is 0 Å². The van der Waals surface area contributed by atoms with Crippen molar-refractivity contribution < 1.29 is 23.9 Å². The summed E-state index contributed by atoms with van der Waals surface area (Å²) in [5.41, 5.74) is 0.603. The van der Waals surface area contributed by atoms with Gasteiger partial charge in [0.1, 0.15) is 5.75 Å². The molecule has 0 aromatic heterocycles. The fourth-order valence-electron chi connectivity index (χ4n) is 2.28. The number of nitrogens with one attached hydrogen (secondary N) is 1. The Bertz CT molecular complexity index is 658. The van der Waals surface area contributed by atoms with Crippen molar-refractivity contribution in [3.63, 3.8) is 0 Å². The first-order valence-electron chi connectivity index (χ1n) is 7.57. The largest absolute Gasteiger partial charge is 0.475 e. The van der Waals surface area contributed by atoms with Crippen LogP contribution in [0.2, 0.25) is 0 Å². The van der Waals surface area contributed by atoms with Gasteiger partial charge < -0.3 is 19.7 Å². The molecule has 0 aliphatic carbocycles. The monoisotopic (exact) mass is 332 g/mol. The van der Waals surface area contributed by atoms with Crippen LogP contribution in [0.15, 0.2) is 36.9 Å². The first kappa shape index (κ1) is 17.5. The summed E-state index contributed by atoms with van der Waals surface area (Å²) in [5, 5.41) is 2.54. The second-order valence-electron chi connectivity index (χ2n) is 5.32. The first-order valence-corrected chi connectivity index (χ1v) is 7.57. The molecule has 2 atom stereocenters. The lowest BCUT2D eigenvalue weighted by molar-refractivity contribution is -0.161. The molecule has 1 heterocycles. The zero-order valence-corrected chi connectivity index (χ0v) is 13.7. The fraction of sp³-hybridized carbons (Fsp3) is 0.353. The maximum atomic E-state index is 12.3. The van der Waals surface area contributed by atoms with Crippen LogP contribution in [0, 0.1) is 0 Å². The molecule has 0 bridgehead atoms. The minimum absolute atomic E-state index is 0.0339. The quantitative estimate of drug-likeness (QED) is 0.643. The SMILES string of the molecule is C=CCNC(=O)[C@H](C)OC(=O)[C@@H]1CN(C(C)=O)c2ccccc2O1. The van der Waals surface area contributed by atoms with Gasteiger partial charge in [-0.3, -0.25) is 9.59 Å². The molecule has 7 heteroatoms. The third kappa shape index (κ3) is 3.92. The Labute approximate surface area is 140 Å². The van der Waals surface area contributed by atoms with Gasteiger partial charge in [0.2, 0.25) is 12.0 Å². The number of nitrogens with zero attached hydrogens (tertiary/aromatic N) is 1. The Morgan fingerprint density at radius 2 is 2.17 bits per heavy atom. The minimum atomic E-state index is -0.988. The van der Waals surface area contributed by atoms with Crippen molar-refractivity contribution in [3.05, 3.63) is 36.9 Å². The van der Waals surface area contributed by atoms with Crippen molar-refractivity contribution in [2.24, 2.45) is 0 Å². The highest BCUT2D eigenvalue weighted by molar-refractivity contribution is 5.95. The van der Waals surface area contributed by atoms with Gasteiger partial charge in [-0.15, -0.1) is 6.58 Å². The van der Waals surface area contributed by atoms with Crippen LogP contribution in [0.25, 0.3) is 0 Å². The molecule has 0 radical (unpaired) electrons. The molecule has 1 aliphatic heterocycles. The number of hydrogen-bond donors (Lipinski definition) is 1. The standard InChI is InChI=1S/C17H20N2O5/c1-4-9-18-16(21)11(2)23-17(22)15-10-19(12(3)20)13-7-5-6-8-14(13)24-15/h4-8,11,15H,1,9-10H2,2-3H3,(H,18,21)/t11-,15-/m0/s1. The van der Waals surface area contributed by atoms with E-state index in [4.69, 9.17) is 9.47 Å². The maximum absolute atomic E-state index is 12.3. The summed E-state index contributed by atoms with van der Waals surface area (Å²) in [5.74, 6) is -0.912. The highest BCUT2D eigenvalue weighted by atomic mass is 16.6. The first-order chi connectivity index (χ1) is 11.4. The second kappa shape index (κ2) is 7.63. The van der Waals surface area contributed by atoms with Crippen LogP contribution in [0.3, 0.4) is 0 Å². The Hall–Kier alpha value is -2.83. The van der Waals surface area contributed by atoms with Gasteiger partial charge in [-0.1, -0.05) is 18.2 Å². The van der Waals surface area contributed by atoms with Gasteiger partial charge in [-0.2, -0.15) is 0 Å². The van der Waals surface area contributed by atoms with Gasteiger partial charge in [-0.05, 0) is 19.1 Å². The normalized spacial score (nSPS) is 17.1. The number of benzene rings is 1. The average Bonchev–Trinajstić information content (AvgIpc) is 2.58. The van der Waals surface area contributed by atoms with Gasteiger partial charge in [-0.25, -0.2) is 4.79 Å². The van der Waals surface area contributed by atoms with Gasteiger partial charge >= 0.3 is 5.97 Å². The second-order valence-corrected chi connectivity index (χ2v) is 5.32. The van der Waals surface area contributed by atoms with Crippen LogP contribution < -0.4 is 15.0 Å². The van der Waals surface area contributed by atoms with E-state index in [1.807, 2.05) is 0 Å². The Kier molecular flexibility index (Phi) is 5.57. The van der Waals surface area contributed by atoms with Crippen LogP contribution in [0.5, 0.6) is 5.75 Å². The zero-order valence-electron chi connectivity index (χ0n) is 13.7. The lowest BCUT2D eigenvalue weighted by Crippen LogP contribution is -2.48. The van der Waals surface area contributed by atoms with E-state index in [9.17, 15) is 14.4 Å². The summed E-state index contributed by atoms with van der Waals surface area (Å²) in [7, 11) is 0. The van der Waals surface area contributed by atoms with Gasteiger partial charge in [0, 0.05) is 13.5 Å². The van der Waals surface area contributed by atoms with Crippen molar-refractivity contribution >= 4 is 23.5 Å². The van der Waals surface area contributed by atoms with Crippen molar-refractivity contribution in [3.8, 4) is 5.75 Å². The van der Waals surface area contributed by atoms with Crippen LogP contribution >= 0.6 is 0 Å². The highest BCUT2D eigenvalue weighted by Gasteiger charge is 2.34. The minimum Gasteiger partial charge on any atom is -0.475 e. The molecule has 0 saturated carbocycles. The number of carbonyl (C=O) groups excluding carboxylic acids is 3. The number of para-hydroxylation sites is 2. The summed E-state index contributed by atoms with van der Waals surface area (Å²) >= 11 is 0. The third-order valence-corrected chi connectivity index (χ3v) is 3.50. The number of ether oxygens (including phenoxy) is 2. The summed E-state index contributed by atoms with van der Waals surface area (Å²) in [6, 6.07) is 6.94. The van der Waals surface area contributed by atoms with E-state index in [1.54, 1.807) is 24.3 Å². The molecule has 0 unspecified atom stereocenters. The number of fused-ring (bicyclic) bond motifs is 1. The summed E-state index contributed by atoms with van der Waals surface area (Å²) in [6.45, 7) is 6.69. The average molecular weight is 332 g/mol. The molecule has 2 rings (SSSR count). The summed E-state index contributed by atoms with van der Waals surface area (Å²) < 4.78 is 10.8. The molecular weight excluding hydrogens is 312 g/mol. The van der Waals surface area contributed by atoms with Crippen LogP contribution in [0.1, 0.15) is 13.8 Å². The molecule has 7 nitrogen and oxygen atoms in total. The van der Waals surface area contributed by atoms with Crippen molar-refractivity contribution in [1.82, 2.24) is 5.32 Å². The van der Waals surface area contributed by atoms with Crippen molar-refractivity contribution in [2.45, 2.75) is 26.1 Å². The molecule has 24 heavy (non-hydrogen) atoms. The van der Waals surface area contributed by atoms with Gasteiger partial charge in [0.25, 0.3) is 5.91 Å².